The Morgan fingerprint density at radius 1 is 1.07 bits per heavy atom. The van der Waals surface area contributed by atoms with Gasteiger partial charge in [0.1, 0.15) is 18.2 Å². The molecular formula is C19H19F2N3O4S. The number of rotatable bonds is 3. The molecule has 1 amide bonds. The zero-order valence-electron chi connectivity index (χ0n) is 15.3. The number of nitrogen functional groups attached to an aromatic ring is 1. The van der Waals surface area contributed by atoms with Crippen molar-refractivity contribution in [3.63, 3.8) is 0 Å². The van der Waals surface area contributed by atoms with Crippen LogP contribution in [0.3, 0.4) is 0 Å². The van der Waals surface area contributed by atoms with Crippen molar-refractivity contribution in [1.82, 2.24) is 4.31 Å². The summed E-state index contributed by atoms with van der Waals surface area (Å²) in [5, 5.41) is 0. The van der Waals surface area contributed by atoms with Gasteiger partial charge in [-0.3, -0.25) is 4.90 Å². The number of carbonyl (C=O) groups is 1. The minimum atomic E-state index is -4.33. The van der Waals surface area contributed by atoms with Gasteiger partial charge in [-0.15, -0.1) is 0 Å². The van der Waals surface area contributed by atoms with Crippen molar-refractivity contribution in [2.45, 2.75) is 30.4 Å². The van der Waals surface area contributed by atoms with Crippen LogP contribution in [0.5, 0.6) is 0 Å². The van der Waals surface area contributed by atoms with Crippen LogP contribution in [0.2, 0.25) is 0 Å². The maximum Gasteiger partial charge on any atom is 0.414 e. The molecule has 2 aliphatic heterocycles. The summed E-state index contributed by atoms with van der Waals surface area (Å²) in [5.74, 6) is -2.25. The highest BCUT2D eigenvalue weighted by Gasteiger charge is 2.38. The molecule has 29 heavy (non-hydrogen) atoms. The number of halogens is 2. The van der Waals surface area contributed by atoms with Gasteiger partial charge in [-0.05, 0) is 43.2 Å². The summed E-state index contributed by atoms with van der Waals surface area (Å²) in [5.41, 5.74) is 7.79. The molecule has 1 saturated heterocycles. The van der Waals surface area contributed by atoms with Crippen LogP contribution in [0, 0.1) is 11.6 Å². The first-order chi connectivity index (χ1) is 13.8. The molecule has 2 aliphatic rings. The minimum Gasteiger partial charge on any atom is -0.444 e. The molecule has 0 unspecified atom stereocenters. The van der Waals surface area contributed by atoms with Crippen LogP contribution in [-0.2, 0) is 21.4 Å². The quantitative estimate of drug-likeness (QED) is 0.767. The van der Waals surface area contributed by atoms with E-state index in [1.807, 2.05) is 0 Å². The van der Waals surface area contributed by atoms with E-state index in [1.165, 1.54) is 4.90 Å². The van der Waals surface area contributed by atoms with Gasteiger partial charge in [0.25, 0.3) is 0 Å². The summed E-state index contributed by atoms with van der Waals surface area (Å²) in [4.78, 5) is 12.9. The number of piperidine rings is 1. The van der Waals surface area contributed by atoms with Crippen LogP contribution in [0.1, 0.15) is 18.4 Å². The van der Waals surface area contributed by atoms with Gasteiger partial charge in [-0.2, -0.15) is 4.31 Å². The number of anilines is 2. The number of ether oxygens (including phenoxy) is 1. The van der Waals surface area contributed by atoms with Crippen molar-refractivity contribution >= 4 is 27.5 Å². The first kappa shape index (κ1) is 19.6. The summed E-state index contributed by atoms with van der Waals surface area (Å²) < 4.78 is 59.7. The molecule has 0 bridgehead atoms. The molecule has 0 atom stereocenters. The van der Waals surface area contributed by atoms with Crippen LogP contribution in [0.15, 0.2) is 41.3 Å². The molecule has 2 aromatic rings. The molecule has 0 spiro atoms. The van der Waals surface area contributed by atoms with Crippen molar-refractivity contribution in [2.24, 2.45) is 0 Å². The van der Waals surface area contributed by atoms with Crippen molar-refractivity contribution in [1.29, 1.82) is 0 Å². The molecular weight excluding hydrogens is 404 g/mol. The van der Waals surface area contributed by atoms with Gasteiger partial charge in [0.2, 0.25) is 10.0 Å². The normalized spacial score (nSPS) is 18.4. The van der Waals surface area contributed by atoms with Crippen LogP contribution < -0.4 is 10.6 Å². The second kappa shape index (κ2) is 7.27. The van der Waals surface area contributed by atoms with Crippen molar-refractivity contribution in [2.75, 3.05) is 23.7 Å². The zero-order chi connectivity index (χ0) is 20.8. The second-order valence-corrected chi connectivity index (χ2v) is 8.87. The van der Waals surface area contributed by atoms with Crippen LogP contribution in [0.4, 0.5) is 25.0 Å². The molecule has 2 aromatic carbocycles. The van der Waals surface area contributed by atoms with Gasteiger partial charge in [0.15, 0.2) is 4.90 Å². The van der Waals surface area contributed by atoms with Gasteiger partial charge in [0.05, 0.1) is 5.69 Å². The smallest absolute Gasteiger partial charge is 0.414 e. The molecule has 1 fully saturated rings. The molecule has 0 aliphatic carbocycles. The van der Waals surface area contributed by atoms with E-state index in [-0.39, 0.29) is 25.7 Å². The third kappa shape index (κ3) is 3.42. The van der Waals surface area contributed by atoms with E-state index in [9.17, 15) is 22.0 Å². The lowest BCUT2D eigenvalue weighted by Crippen LogP contribution is -2.50. The Morgan fingerprint density at radius 3 is 2.38 bits per heavy atom. The predicted molar refractivity (Wildman–Crippen MR) is 102 cm³/mol. The van der Waals surface area contributed by atoms with E-state index >= 15 is 0 Å². The van der Waals surface area contributed by atoms with E-state index in [0.29, 0.717) is 24.2 Å². The highest BCUT2D eigenvalue weighted by atomic mass is 32.2. The maximum atomic E-state index is 14.0. The summed E-state index contributed by atoms with van der Waals surface area (Å²) in [6.07, 6.45) is 0.0892. The molecule has 10 heteroatoms. The van der Waals surface area contributed by atoms with Crippen molar-refractivity contribution in [3.8, 4) is 0 Å². The second-order valence-electron chi connectivity index (χ2n) is 7.00. The fourth-order valence-electron chi connectivity index (χ4n) is 3.81. The number of sulfonamides is 1. The van der Waals surface area contributed by atoms with E-state index < -0.39 is 32.6 Å². The van der Waals surface area contributed by atoms with Gasteiger partial charge in [-0.25, -0.2) is 22.0 Å². The van der Waals surface area contributed by atoms with E-state index in [1.54, 1.807) is 18.2 Å². The number of nitrogens with two attached hydrogens (primary N) is 1. The topological polar surface area (TPSA) is 92.9 Å². The van der Waals surface area contributed by atoms with Gasteiger partial charge >= 0.3 is 6.09 Å². The van der Waals surface area contributed by atoms with Crippen LogP contribution >= 0.6 is 0 Å². The van der Waals surface area contributed by atoms with E-state index in [4.69, 9.17) is 10.5 Å². The Hall–Kier alpha value is -2.72. The number of carbonyl (C=O) groups excluding carboxylic acids is 1. The van der Waals surface area contributed by atoms with Crippen molar-refractivity contribution < 1.29 is 26.7 Å². The van der Waals surface area contributed by atoms with Gasteiger partial charge in [-0.1, -0.05) is 6.07 Å². The molecule has 0 aromatic heterocycles. The fraction of sp³-hybridized carbons (Fsp3) is 0.316. The summed E-state index contributed by atoms with van der Waals surface area (Å²) >= 11 is 0. The Labute approximate surface area is 166 Å². The summed E-state index contributed by atoms with van der Waals surface area (Å²) in [7, 11) is -4.33. The Kier molecular flexibility index (Phi) is 4.91. The third-order valence-electron chi connectivity index (χ3n) is 5.22. The lowest BCUT2D eigenvalue weighted by molar-refractivity contribution is 0.136. The average molecular weight is 423 g/mol. The number of benzene rings is 2. The average Bonchev–Trinajstić information content (AvgIpc) is 2.68. The number of hydrogen-bond acceptors (Lipinski definition) is 5. The Morgan fingerprint density at radius 2 is 1.72 bits per heavy atom. The third-order valence-corrected chi connectivity index (χ3v) is 7.17. The van der Waals surface area contributed by atoms with Gasteiger partial charge < -0.3 is 10.5 Å². The molecule has 0 radical (unpaired) electrons. The summed E-state index contributed by atoms with van der Waals surface area (Å²) in [6, 6.07) is 7.79. The molecule has 0 saturated carbocycles. The van der Waals surface area contributed by atoms with E-state index in [0.717, 1.165) is 28.1 Å². The standard InChI is InChI=1S/C19H19F2N3O4S/c20-15-2-1-3-16(21)18(15)29(26,27)23-8-6-14(7-9-23)24-17-5-4-13(22)10-12(17)11-28-19(24)25/h1-5,10,14H,6-9,11,22H2. The molecule has 154 valence electrons. The molecule has 2 N–H and O–H groups in total. The highest BCUT2D eigenvalue weighted by molar-refractivity contribution is 7.89. The zero-order valence-corrected chi connectivity index (χ0v) is 16.2. The van der Waals surface area contributed by atoms with E-state index in [2.05, 4.69) is 0 Å². The Balaban J connectivity index is 1.55. The van der Waals surface area contributed by atoms with Crippen molar-refractivity contribution in [3.05, 3.63) is 53.6 Å². The molecule has 2 heterocycles. The monoisotopic (exact) mass is 423 g/mol. The number of hydrogen-bond donors (Lipinski definition) is 1. The minimum absolute atomic E-state index is 0.0227. The highest BCUT2D eigenvalue weighted by Crippen LogP contribution is 2.34. The van der Waals surface area contributed by atoms with Crippen LogP contribution in [-0.4, -0.2) is 37.9 Å². The maximum absolute atomic E-state index is 14.0. The first-order valence-corrected chi connectivity index (χ1v) is 10.5. The largest absolute Gasteiger partial charge is 0.444 e. The number of amides is 1. The van der Waals surface area contributed by atoms with Crippen LogP contribution in [0.25, 0.3) is 0 Å². The molecule has 7 nitrogen and oxygen atoms in total. The number of cyclic esters (lactones) is 1. The number of fused-ring (bicyclic) bond motifs is 1. The Bertz CT molecular complexity index is 1050. The molecule has 4 rings (SSSR count). The number of nitrogens with zero attached hydrogens (tertiary/aromatic N) is 2. The SMILES string of the molecule is Nc1ccc2c(c1)COC(=O)N2C1CCN(S(=O)(=O)c2c(F)cccc2F)CC1. The predicted octanol–water partition coefficient (Wildman–Crippen LogP) is 2.86. The lowest BCUT2D eigenvalue weighted by atomic mass is 10.0. The summed E-state index contributed by atoms with van der Waals surface area (Å²) in [6.45, 7) is 0.166. The lowest BCUT2D eigenvalue weighted by Gasteiger charge is -2.39. The first-order valence-electron chi connectivity index (χ1n) is 9.07. The fourth-order valence-corrected chi connectivity index (χ4v) is 5.39. The van der Waals surface area contributed by atoms with Gasteiger partial charge in [0, 0.05) is 30.4 Å².